The van der Waals surface area contributed by atoms with Gasteiger partial charge in [0.1, 0.15) is 0 Å². The molecule has 0 aliphatic carbocycles. The number of imide groups is 1. The molecule has 1 aliphatic heterocycles. The van der Waals surface area contributed by atoms with Crippen LogP contribution in [0.3, 0.4) is 0 Å². The van der Waals surface area contributed by atoms with Crippen molar-refractivity contribution >= 4 is 17.8 Å². The molecule has 0 radical (unpaired) electrons. The van der Waals surface area contributed by atoms with Crippen LogP contribution in [0.15, 0.2) is 54.6 Å². The number of rotatable bonds is 5. The van der Waals surface area contributed by atoms with Crippen molar-refractivity contribution in [1.29, 1.82) is 0 Å². The molecule has 0 saturated heterocycles. The molecule has 25 heavy (non-hydrogen) atoms. The van der Waals surface area contributed by atoms with Crippen molar-refractivity contribution in [2.75, 3.05) is 0 Å². The third-order valence-corrected chi connectivity index (χ3v) is 4.56. The van der Waals surface area contributed by atoms with Crippen molar-refractivity contribution < 1.29 is 19.2 Å². The first-order valence-electron chi connectivity index (χ1n) is 8.29. The molecule has 0 N–H and O–H groups in total. The second-order valence-electron chi connectivity index (χ2n) is 6.13. The number of carbonyl (C=O) groups excluding carboxylic acids is 3. The number of nitrogens with zero attached hydrogens (tertiary/aromatic N) is 1. The van der Waals surface area contributed by atoms with E-state index < -0.39 is 23.7 Å². The molecule has 0 spiro atoms. The Morgan fingerprint density at radius 1 is 0.960 bits per heavy atom. The minimum atomic E-state index is -0.607. The average Bonchev–Trinajstić information content (AvgIpc) is 2.88. The zero-order chi connectivity index (χ0) is 18.0. The van der Waals surface area contributed by atoms with Crippen molar-refractivity contribution in [3.8, 4) is 0 Å². The van der Waals surface area contributed by atoms with Gasteiger partial charge in [-0.05, 0) is 23.6 Å². The van der Waals surface area contributed by atoms with Crippen LogP contribution in [0.4, 0.5) is 0 Å². The molecule has 0 aromatic heterocycles. The van der Waals surface area contributed by atoms with E-state index in [0.717, 1.165) is 12.0 Å². The summed E-state index contributed by atoms with van der Waals surface area (Å²) in [5, 5.41) is 0.575. The van der Waals surface area contributed by atoms with E-state index in [1.54, 1.807) is 24.3 Å². The Labute approximate surface area is 146 Å². The fourth-order valence-electron chi connectivity index (χ4n) is 2.99. The number of benzene rings is 2. The minimum Gasteiger partial charge on any atom is -0.329 e. The van der Waals surface area contributed by atoms with E-state index in [2.05, 4.69) is 0 Å². The molecule has 2 unspecified atom stereocenters. The summed E-state index contributed by atoms with van der Waals surface area (Å²) in [5.74, 6) is -2.36. The van der Waals surface area contributed by atoms with Crippen molar-refractivity contribution in [3.63, 3.8) is 0 Å². The van der Waals surface area contributed by atoms with Crippen molar-refractivity contribution in [1.82, 2.24) is 5.06 Å². The SMILES string of the molecule is CCC(C)C(C(=O)ON1C(=O)c2ccccc2C1=O)c1ccccc1. The third kappa shape index (κ3) is 3.05. The van der Waals surface area contributed by atoms with Crippen LogP contribution >= 0.6 is 0 Å². The Morgan fingerprint density at radius 3 is 2.00 bits per heavy atom. The number of carbonyl (C=O) groups is 3. The van der Waals surface area contributed by atoms with Crippen molar-refractivity contribution in [3.05, 3.63) is 71.3 Å². The fraction of sp³-hybridized carbons (Fsp3) is 0.250. The number of hydrogen-bond acceptors (Lipinski definition) is 4. The molecule has 5 nitrogen and oxygen atoms in total. The lowest BCUT2D eigenvalue weighted by molar-refractivity contribution is -0.171. The first-order valence-corrected chi connectivity index (χ1v) is 8.29. The third-order valence-electron chi connectivity index (χ3n) is 4.56. The molecule has 2 aromatic rings. The van der Waals surface area contributed by atoms with E-state index in [1.807, 2.05) is 44.2 Å². The van der Waals surface area contributed by atoms with Crippen LogP contribution in [0, 0.1) is 5.92 Å². The van der Waals surface area contributed by atoms with Crippen LogP contribution in [-0.4, -0.2) is 22.8 Å². The summed E-state index contributed by atoms with van der Waals surface area (Å²) in [6.45, 7) is 3.93. The predicted molar refractivity (Wildman–Crippen MR) is 91.7 cm³/mol. The van der Waals surface area contributed by atoms with Gasteiger partial charge in [-0.25, -0.2) is 4.79 Å². The van der Waals surface area contributed by atoms with E-state index in [0.29, 0.717) is 5.06 Å². The number of fused-ring (bicyclic) bond motifs is 1. The van der Waals surface area contributed by atoms with Gasteiger partial charge >= 0.3 is 5.97 Å². The van der Waals surface area contributed by atoms with E-state index >= 15 is 0 Å². The van der Waals surface area contributed by atoms with Crippen molar-refractivity contribution in [2.24, 2.45) is 5.92 Å². The summed E-state index contributed by atoms with van der Waals surface area (Å²) in [7, 11) is 0. The number of amides is 2. The maximum atomic E-state index is 12.8. The largest absolute Gasteiger partial charge is 0.340 e. The molecular weight excluding hydrogens is 318 g/mol. The molecule has 0 bridgehead atoms. The van der Waals surface area contributed by atoms with Gasteiger partial charge in [-0.15, -0.1) is 0 Å². The maximum absolute atomic E-state index is 12.8. The summed E-state index contributed by atoms with van der Waals surface area (Å²) >= 11 is 0. The van der Waals surface area contributed by atoms with E-state index in [-0.39, 0.29) is 17.0 Å². The second-order valence-corrected chi connectivity index (χ2v) is 6.13. The highest BCUT2D eigenvalue weighted by Gasteiger charge is 2.40. The summed E-state index contributed by atoms with van der Waals surface area (Å²) in [5.41, 5.74) is 1.30. The van der Waals surface area contributed by atoms with Crippen LogP contribution < -0.4 is 0 Å². The van der Waals surface area contributed by atoms with Crippen molar-refractivity contribution in [2.45, 2.75) is 26.2 Å². The molecule has 0 fully saturated rings. The molecule has 3 rings (SSSR count). The van der Waals surface area contributed by atoms with Crippen LogP contribution in [0.2, 0.25) is 0 Å². The first kappa shape index (κ1) is 16.9. The van der Waals surface area contributed by atoms with Gasteiger partial charge in [0, 0.05) is 0 Å². The molecule has 1 aliphatic rings. The summed E-state index contributed by atoms with van der Waals surface area (Å²) < 4.78 is 0. The quantitative estimate of drug-likeness (QED) is 0.783. The molecule has 0 saturated carbocycles. The number of hydrogen-bond donors (Lipinski definition) is 0. The second kappa shape index (κ2) is 6.89. The topological polar surface area (TPSA) is 63.7 Å². The van der Waals surface area contributed by atoms with Gasteiger partial charge in [-0.3, -0.25) is 9.59 Å². The fourth-order valence-corrected chi connectivity index (χ4v) is 2.99. The van der Waals surface area contributed by atoms with Gasteiger partial charge in [0.15, 0.2) is 0 Å². The zero-order valence-corrected chi connectivity index (χ0v) is 14.1. The lowest BCUT2D eigenvalue weighted by Gasteiger charge is -2.23. The molecular formula is C20H19NO4. The van der Waals surface area contributed by atoms with Crippen LogP contribution in [0.5, 0.6) is 0 Å². The molecule has 2 atom stereocenters. The van der Waals surface area contributed by atoms with Crippen LogP contribution in [0.1, 0.15) is 52.5 Å². The predicted octanol–water partition coefficient (Wildman–Crippen LogP) is 3.57. The molecule has 2 amide bonds. The van der Waals surface area contributed by atoms with Gasteiger partial charge in [0.25, 0.3) is 11.8 Å². The highest BCUT2D eigenvalue weighted by molar-refractivity contribution is 6.20. The average molecular weight is 337 g/mol. The van der Waals surface area contributed by atoms with Gasteiger partial charge in [0.2, 0.25) is 0 Å². The molecule has 1 heterocycles. The van der Waals surface area contributed by atoms with E-state index in [4.69, 9.17) is 4.84 Å². The number of hydroxylamine groups is 2. The Bertz CT molecular complexity index is 780. The highest BCUT2D eigenvalue weighted by Crippen LogP contribution is 2.30. The molecule has 5 heteroatoms. The van der Waals surface area contributed by atoms with Gasteiger partial charge in [-0.2, -0.15) is 0 Å². The normalized spacial score (nSPS) is 15.7. The van der Waals surface area contributed by atoms with Gasteiger partial charge in [0.05, 0.1) is 17.0 Å². The Morgan fingerprint density at radius 2 is 1.48 bits per heavy atom. The Hall–Kier alpha value is -2.95. The maximum Gasteiger partial charge on any atom is 0.340 e. The highest BCUT2D eigenvalue weighted by atomic mass is 16.7. The Balaban J connectivity index is 1.86. The van der Waals surface area contributed by atoms with Crippen LogP contribution in [-0.2, 0) is 9.63 Å². The standard InChI is InChI=1S/C20H19NO4/c1-3-13(2)17(14-9-5-4-6-10-14)20(24)25-21-18(22)15-11-7-8-12-16(15)19(21)23/h4-13,17H,3H2,1-2H3. The monoisotopic (exact) mass is 337 g/mol. The summed E-state index contributed by atoms with van der Waals surface area (Å²) in [6, 6.07) is 15.7. The lowest BCUT2D eigenvalue weighted by Crippen LogP contribution is -2.36. The lowest BCUT2D eigenvalue weighted by atomic mass is 9.86. The first-order chi connectivity index (χ1) is 12.0. The van der Waals surface area contributed by atoms with E-state index in [9.17, 15) is 14.4 Å². The van der Waals surface area contributed by atoms with Crippen LogP contribution in [0.25, 0.3) is 0 Å². The smallest absolute Gasteiger partial charge is 0.329 e. The summed E-state index contributed by atoms with van der Waals surface area (Å²) in [4.78, 5) is 42.8. The van der Waals surface area contributed by atoms with Gasteiger partial charge < -0.3 is 4.84 Å². The molecule has 128 valence electrons. The minimum absolute atomic E-state index is 0.00471. The zero-order valence-electron chi connectivity index (χ0n) is 14.1. The Kier molecular flexibility index (Phi) is 4.65. The van der Waals surface area contributed by atoms with Gasteiger partial charge in [-0.1, -0.05) is 67.8 Å². The molecule has 2 aromatic carbocycles. The summed E-state index contributed by atoms with van der Waals surface area (Å²) in [6.07, 6.45) is 0.761. The van der Waals surface area contributed by atoms with E-state index in [1.165, 1.54) is 0 Å².